The summed E-state index contributed by atoms with van der Waals surface area (Å²) in [6, 6.07) is 11.9. The molecule has 2 N–H and O–H groups in total. The lowest BCUT2D eigenvalue weighted by atomic mass is 9.88. The molecule has 0 aliphatic carbocycles. The van der Waals surface area contributed by atoms with E-state index in [0.717, 1.165) is 6.07 Å². The average molecular weight is 312 g/mol. The minimum Gasteiger partial charge on any atom is -0.375 e. The summed E-state index contributed by atoms with van der Waals surface area (Å²) in [4.78, 5) is 34.7. The van der Waals surface area contributed by atoms with Crippen molar-refractivity contribution in [2.45, 2.75) is 12.0 Å². The Morgan fingerprint density at radius 2 is 1.91 bits per heavy atom. The maximum absolute atomic E-state index is 12.3. The van der Waals surface area contributed by atoms with Gasteiger partial charge in [0.25, 0.3) is 11.6 Å². The number of nitro benzene ring substituents is 1. The Balaban J connectivity index is 1.99. The predicted molar refractivity (Wildman–Crippen MR) is 81.0 cm³/mol. The molecule has 1 amide bonds. The van der Waals surface area contributed by atoms with Gasteiger partial charge in [0.1, 0.15) is 0 Å². The molecule has 0 saturated carbocycles. The molecular formula is C16H12N2O5. The number of nitrogens with one attached hydrogen (secondary N) is 1. The first-order valence-electron chi connectivity index (χ1n) is 6.83. The number of Topliss-reactive ketones (excluding diaryl/α,β-unsaturated/α-hetero) is 1. The summed E-state index contributed by atoms with van der Waals surface area (Å²) in [6.07, 6.45) is -0.489. The molecule has 0 spiro atoms. The van der Waals surface area contributed by atoms with Crippen molar-refractivity contribution in [3.8, 4) is 0 Å². The number of carbonyl (C=O) groups is 2. The Morgan fingerprint density at radius 3 is 2.57 bits per heavy atom. The average Bonchev–Trinajstić information content (AvgIpc) is 2.79. The molecule has 0 fully saturated rings. The number of benzene rings is 2. The van der Waals surface area contributed by atoms with Crippen molar-refractivity contribution in [3.63, 3.8) is 0 Å². The molecule has 0 unspecified atom stereocenters. The molecule has 0 aromatic heterocycles. The molecule has 7 nitrogen and oxygen atoms in total. The monoisotopic (exact) mass is 312 g/mol. The van der Waals surface area contributed by atoms with Gasteiger partial charge in [-0.25, -0.2) is 0 Å². The van der Waals surface area contributed by atoms with E-state index in [4.69, 9.17) is 0 Å². The minimum absolute atomic E-state index is 0.0426. The second-order valence-electron chi connectivity index (χ2n) is 5.27. The highest BCUT2D eigenvalue weighted by atomic mass is 16.6. The van der Waals surface area contributed by atoms with Crippen molar-refractivity contribution in [2.24, 2.45) is 0 Å². The van der Waals surface area contributed by atoms with Crippen LogP contribution in [-0.2, 0) is 10.4 Å². The molecule has 1 aliphatic heterocycles. The van der Waals surface area contributed by atoms with E-state index in [0.29, 0.717) is 5.56 Å². The molecule has 1 heterocycles. The van der Waals surface area contributed by atoms with Crippen LogP contribution in [0, 0.1) is 10.1 Å². The third-order valence-corrected chi connectivity index (χ3v) is 3.80. The normalized spacial score (nSPS) is 19.1. The van der Waals surface area contributed by atoms with Crippen LogP contribution >= 0.6 is 0 Å². The van der Waals surface area contributed by atoms with E-state index in [1.807, 2.05) is 0 Å². The van der Waals surface area contributed by atoms with Gasteiger partial charge in [0.05, 0.1) is 11.3 Å². The van der Waals surface area contributed by atoms with Gasteiger partial charge in [-0.1, -0.05) is 30.3 Å². The van der Waals surface area contributed by atoms with Crippen molar-refractivity contribution in [2.75, 3.05) is 5.32 Å². The number of amides is 1. The van der Waals surface area contributed by atoms with Crippen molar-refractivity contribution >= 4 is 23.1 Å². The first-order valence-corrected chi connectivity index (χ1v) is 6.83. The largest absolute Gasteiger partial charge is 0.375 e. The highest BCUT2D eigenvalue weighted by Crippen LogP contribution is 2.40. The molecule has 1 aliphatic rings. The van der Waals surface area contributed by atoms with Gasteiger partial charge in [-0.3, -0.25) is 19.7 Å². The lowest BCUT2D eigenvalue weighted by molar-refractivity contribution is -0.385. The Hall–Kier alpha value is -3.06. The van der Waals surface area contributed by atoms with Gasteiger partial charge >= 0.3 is 0 Å². The van der Waals surface area contributed by atoms with Gasteiger partial charge < -0.3 is 10.4 Å². The zero-order valence-corrected chi connectivity index (χ0v) is 11.9. The number of carbonyl (C=O) groups excluding carboxylic acids is 2. The summed E-state index contributed by atoms with van der Waals surface area (Å²) in [5.74, 6) is -1.19. The van der Waals surface area contributed by atoms with E-state index in [1.54, 1.807) is 30.3 Å². The van der Waals surface area contributed by atoms with Gasteiger partial charge in [-0.15, -0.1) is 0 Å². The lowest BCUT2D eigenvalue weighted by Crippen LogP contribution is -2.36. The van der Waals surface area contributed by atoms with Crippen LogP contribution in [-0.4, -0.2) is 21.7 Å². The van der Waals surface area contributed by atoms with Crippen molar-refractivity contribution in [1.82, 2.24) is 0 Å². The SMILES string of the molecule is O=C(C[C@@]1(O)C(=O)Nc2ccc([N+](=O)[O-])cc21)c1ccccc1. The molecule has 7 heteroatoms. The van der Waals surface area contributed by atoms with Crippen molar-refractivity contribution in [1.29, 1.82) is 0 Å². The zero-order chi connectivity index (χ0) is 16.6. The number of ketones is 1. The molecular weight excluding hydrogens is 300 g/mol. The van der Waals surface area contributed by atoms with E-state index >= 15 is 0 Å². The maximum atomic E-state index is 12.3. The minimum atomic E-state index is -2.12. The van der Waals surface area contributed by atoms with E-state index in [2.05, 4.69) is 5.32 Å². The van der Waals surface area contributed by atoms with Crippen LogP contribution < -0.4 is 5.32 Å². The van der Waals surface area contributed by atoms with E-state index < -0.39 is 28.6 Å². The van der Waals surface area contributed by atoms with Crippen molar-refractivity contribution in [3.05, 3.63) is 69.8 Å². The molecule has 1 atom stereocenters. The highest BCUT2D eigenvalue weighted by Gasteiger charge is 2.47. The number of rotatable bonds is 4. The van der Waals surface area contributed by atoms with Crippen LogP contribution in [0.3, 0.4) is 0 Å². The summed E-state index contributed by atoms with van der Waals surface area (Å²) in [7, 11) is 0. The molecule has 116 valence electrons. The molecule has 0 bridgehead atoms. The van der Waals surface area contributed by atoms with Gasteiger partial charge in [0.15, 0.2) is 11.4 Å². The maximum Gasteiger partial charge on any atom is 0.269 e. The number of aliphatic hydroxyl groups is 1. The number of non-ortho nitro benzene ring substituents is 1. The van der Waals surface area contributed by atoms with Gasteiger partial charge in [-0.05, 0) is 6.07 Å². The fraction of sp³-hybridized carbons (Fsp3) is 0.125. The summed E-state index contributed by atoms with van der Waals surface area (Å²) in [5, 5.41) is 24.0. The van der Waals surface area contributed by atoms with Crippen LogP contribution in [0.4, 0.5) is 11.4 Å². The number of hydrogen-bond donors (Lipinski definition) is 2. The first-order chi connectivity index (χ1) is 10.9. The van der Waals surface area contributed by atoms with Crippen LogP contribution in [0.1, 0.15) is 22.3 Å². The quantitative estimate of drug-likeness (QED) is 0.510. The predicted octanol–water partition coefficient (Wildman–Crippen LogP) is 2.01. The summed E-state index contributed by atoms with van der Waals surface area (Å²) < 4.78 is 0. The molecule has 2 aromatic rings. The lowest BCUT2D eigenvalue weighted by Gasteiger charge is -2.19. The van der Waals surface area contributed by atoms with Crippen LogP contribution in [0.2, 0.25) is 0 Å². The Bertz CT molecular complexity index is 818. The topological polar surface area (TPSA) is 110 Å². The molecule has 2 aromatic carbocycles. The first kappa shape index (κ1) is 14.9. The number of nitro groups is 1. The van der Waals surface area contributed by atoms with Gasteiger partial charge in [0, 0.05) is 28.9 Å². The van der Waals surface area contributed by atoms with Gasteiger partial charge in [0.2, 0.25) is 0 Å². The Morgan fingerprint density at radius 1 is 1.22 bits per heavy atom. The second-order valence-corrected chi connectivity index (χ2v) is 5.27. The Kier molecular flexibility index (Phi) is 3.42. The summed E-state index contributed by atoms with van der Waals surface area (Å²) in [6.45, 7) is 0. The number of fused-ring (bicyclic) bond motifs is 1. The van der Waals surface area contributed by atoms with Gasteiger partial charge in [-0.2, -0.15) is 0 Å². The fourth-order valence-electron chi connectivity index (χ4n) is 2.58. The smallest absolute Gasteiger partial charge is 0.269 e. The van der Waals surface area contributed by atoms with E-state index in [9.17, 15) is 24.8 Å². The molecule has 3 rings (SSSR count). The van der Waals surface area contributed by atoms with Crippen LogP contribution in [0.25, 0.3) is 0 Å². The third kappa shape index (κ3) is 2.47. The van der Waals surface area contributed by atoms with Crippen molar-refractivity contribution < 1.29 is 19.6 Å². The number of nitrogens with zero attached hydrogens (tertiary/aromatic N) is 1. The standard InChI is InChI=1S/C16H12N2O5/c19-14(10-4-2-1-3-5-10)9-16(21)12-8-11(18(22)23)6-7-13(12)17-15(16)20/h1-8,21H,9H2,(H,17,20)/t16-/m0/s1. The molecule has 0 saturated heterocycles. The fourth-order valence-corrected chi connectivity index (χ4v) is 2.58. The van der Waals surface area contributed by atoms with Crippen LogP contribution in [0.5, 0.6) is 0 Å². The Labute approximate surface area is 130 Å². The highest BCUT2D eigenvalue weighted by molar-refractivity contribution is 6.09. The second kappa shape index (κ2) is 5.29. The zero-order valence-electron chi connectivity index (χ0n) is 11.9. The number of anilines is 1. The number of hydrogen-bond acceptors (Lipinski definition) is 5. The van der Waals surface area contributed by atoms with E-state index in [-0.39, 0.29) is 16.9 Å². The third-order valence-electron chi connectivity index (χ3n) is 3.80. The summed E-state index contributed by atoms with van der Waals surface area (Å²) in [5.41, 5.74) is -1.71. The molecule has 23 heavy (non-hydrogen) atoms. The molecule has 0 radical (unpaired) electrons. The summed E-state index contributed by atoms with van der Waals surface area (Å²) >= 11 is 0. The van der Waals surface area contributed by atoms with E-state index in [1.165, 1.54) is 12.1 Å². The van der Waals surface area contributed by atoms with Crippen LogP contribution in [0.15, 0.2) is 48.5 Å².